The van der Waals surface area contributed by atoms with E-state index in [0.29, 0.717) is 36.8 Å². The van der Waals surface area contributed by atoms with E-state index in [1.807, 2.05) is 6.92 Å². The standard InChI is InChI=1S/C40H62N4O6/c1-5-9-12-15-17-22-30-24-20-26-32(34(30)45)36(47)41-43-38(49)40(28-8-4,29-19-14-11-7-3)39(50)44-42-37(48)33-27-21-25-31(35(33)46)23-18-16-13-10-6-2/h20-21,24-27,45-46H,5-19,22-23,28-29H2,1-4H3,(H,41,47)(H,42,48)(H,43,49)(H,44,50). The summed E-state index contributed by atoms with van der Waals surface area (Å²) in [7, 11) is 0. The number of hydrogen-bond donors (Lipinski definition) is 6. The van der Waals surface area contributed by atoms with Crippen LogP contribution < -0.4 is 21.7 Å². The number of unbranched alkanes of at least 4 members (excludes halogenated alkanes) is 11. The molecule has 2 aromatic rings. The van der Waals surface area contributed by atoms with Crippen LogP contribution >= 0.6 is 0 Å². The lowest BCUT2D eigenvalue weighted by molar-refractivity contribution is -0.146. The number of benzene rings is 2. The van der Waals surface area contributed by atoms with Crippen LogP contribution in [0.2, 0.25) is 0 Å². The summed E-state index contributed by atoms with van der Waals surface area (Å²) in [4.78, 5) is 54.0. The summed E-state index contributed by atoms with van der Waals surface area (Å²) in [5.74, 6) is -3.08. The third-order valence-corrected chi connectivity index (χ3v) is 9.41. The van der Waals surface area contributed by atoms with E-state index >= 15 is 0 Å². The predicted octanol–water partition coefficient (Wildman–Crippen LogP) is 8.10. The van der Waals surface area contributed by atoms with Gasteiger partial charge in [0.15, 0.2) is 0 Å². The smallest absolute Gasteiger partial charge is 0.273 e. The second-order valence-corrected chi connectivity index (χ2v) is 13.4. The molecule has 0 saturated heterocycles. The van der Waals surface area contributed by atoms with Gasteiger partial charge in [-0.1, -0.05) is 135 Å². The number of hydrogen-bond acceptors (Lipinski definition) is 6. The molecule has 0 aliphatic carbocycles. The van der Waals surface area contributed by atoms with Gasteiger partial charge in [-0.25, -0.2) is 0 Å². The Hall–Kier alpha value is -4.08. The third-order valence-electron chi connectivity index (χ3n) is 9.41. The minimum absolute atomic E-state index is 0.0279. The number of hydrazine groups is 2. The average Bonchev–Trinajstić information content (AvgIpc) is 3.11. The van der Waals surface area contributed by atoms with Crippen LogP contribution in [0.3, 0.4) is 0 Å². The number of carbonyl (C=O) groups excluding carboxylic acids is 4. The topological polar surface area (TPSA) is 157 Å². The van der Waals surface area contributed by atoms with Crippen LogP contribution in [0, 0.1) is 5.41 Å². The van der Waals surface area contributed by atoms with E-state index in [1.165, 1.54) is 12.1 Å². The molecule has 278 valence electrons. The van der Waals surface area contributed by atoms with E-state index in [0.717, 1.165) is 83.5 Å². The summed E-state index contributed by atoms with van der Waals surface area (Å²) >= 11 is 0. The number of para-hydroxylation sites is 2. The maximum absolute atomic E-state index is 13.9. The Bertz CT molecular complexity index is 1270. The molecule has 0 radical (unpaired) electrons. The maximum Gasteiger partial charge on any atom is 0.273 e. The predicted molar refractivity (Wildman–Crippen MR) is 198 cm³/mol. The SMILES string of the molecule is CCCCCCCc1cccc(C(=O)NNC(=O)C(CCC)(CCCCCC)C(=O)NNC(=O)c2cccc(CCCCCCC)c2O)c1O. The lowest BCUT2D eigenvalue weighted by Crippen LogP contribution is -2.58. The highest BCUT2D eigenvalue weighted by Gasteiger charge is 2.45. The van der Waals surface area contributed by atoms with Crippen molar-refractivity contribution in [3.05, 3.63) is 58.7 Å². The first-order valence-electron chi connectivity index (χ1n) is 19.0. The van der Waals surface area contributed by atoms with Crippen LogP contribution in [0.4, 0.5) is 0 Å². The number of phenols is 2. The van der Waals surface area contributed by atoms with Gasteiger partial charge < -0.3 is 10.2 Å². The molecule has 2 rings (SSSR count). The van der Waals surface area contributed by atoms with Crippen LogP contribution in [0.25, 0.3) is 0 Å². The van der Waals surface area contributed by atoms with Crippen molar-refractivity contribution in [3.8, 4) is 11.5 Å². The Morgan fingerprint density at radius 3 is 1.30 bits per heavy atom. The van der Waals surface area contributed by atoms with Gasteiger partial charge >= 0.3 is 0 Å². The molecule has 6 N–H and O–H groups in total. The van der Waals surface area contributed by atoms with Crippen molar-refractivity contribution in [1.29, 1.82) is 0 Å². The van der Waals surface area contributed by atoms with Crippen LogP contribution in [0.1, 0.15) is 169 Å². The monoisotopic (exact) mass is 694 g/mol. The lowest BCUT2D eigenvalue weighted by atomic mass is 9.77. The van der Waals surface area contributed by atoms with Gasteiger partial charge in [0, 0.05) is 0 Å². The van der Waals surface area contributed by atoms with Gasteiger partial charge in [0.25, 0.3) is 23.6 Å². The molecule has 10 nitrogen and oxygen atoms in total. The van der Waals surface area contributed by atoms with Crippen LogP contribution in [-0.2, 0) is 22.4 Å². The molecular weight excluding hydrogens is 632 g/mol. The van der Waals surface area contributed by atoms with E-state index in [-0.39, 0.29) is 35.5 Å². The summed E-state index contributed by atoms with van der Waals surface area (Å²) in [5, 5.41) is 21.7. The molecule has 0 unspecified atom stereocenters. The molecule has 10 heteroatoms. The van der Waals surface area contributed by atoms with Crippen LogP contribution in [0.15, 0.2) is 36.4 Å². The molecule has 0 aliphatic rings. The first-order valence-corrected chi connectivity index (χ1v) is 19.0. The van der Waals surface area contributed by atoms with Gasteiger partial charge in [-0.15, -0.1) is 0 Å². The van der Waals surface area contributed by atoms with Crippen molar-refractivity contribution >= 4 is 23.6 Å². The summed E-state index contributed by atoms with van der Waals surface area (Å²) in [6, 6.07) is 9.95. The van der Waals surface area contributed by atoms with Gasteiger partial charge in [-0.3, -0.25) is 40.9 Å². The number of aromatic hydroxyl groups is 2. The summed E-state index contributed by atoms with van der Waals surface area (Å²) in [6.45, 7) is 8.23. The zero-order valence-corrected chi connectivity index (χ0v) is 30.9. The summed E-state index contributed by atoms with van der Waals surface area (Å²) in [5.41, 5.74) is 9.48. The van der Waals surface area contributed by atoms with Gasteiger partial charge in [0.05, 0.1) is 11.1 Å². The van der Waals surface area contributed by atoms with Gasteiger partial charge in [-0.05, 0) is 61.8 Å². The molecule has 0 aromatic heterocycles. The molecule has 2 aromatic carbocycles. The zero-order valence-electron chi connectivity index (χ0n) is 30.9. The highest BCUT2D eigenvalue weighted by atomic mass is 16.3. The molecule has 0 atom stereocenters. The van der Waals surface area contributed by atoms with Crippen molar-refractivity contribution in [2.45, 2.75) is 150 Å². The highest BCUT2D eigenvalue weighted by molar-refractivity contribution is 6.07. The van der Waals surface area contributed by atoms with Crippen molar-refractivity contribution in [3.63, 3.8) is 0 Å². The van der Waals surface area contributed by atoms with Gasteiger partial charge in [-0.2, -0.15) is 0 Å². The fraction of sp³-hybridized carbons (Fsp3) is 0.600. The molecule has 0 bridgehead atoms. The van der Waals surface area contributed by atoms with E-state index in [2.05, 4.69) is 42.5 Å². The number of rotatable bonds is 23. The molecule has 4 amide bonds. The van der Waals surface area contributed by atoms with E-state index in [1.54, 1.807) is 24.3 Å². The van der Waals surface area contributed by atoms with Crippen molar-refractivity contribution in [1.82, 2.24) is 21.7 Å². The lowest BCUT2D eigenvalue weighted by Gasteiger charge is -2.31. The number of phenolic OH excluding ortho intramolecular Hbond substituents is 2. The Balaban J connectivity index is 2.17. The van der Waals surface area contributed by atoms with Crippen LogP contribution in [0.5, 0.6) is 11.5 Å². The molecule has 0 fully saturated rings. The minimum atomic E-state index is -1.60. The molecule has 0 spiro atoms. The average molecular weight is 695 g/mol. The van der Waals surface area contributed by atoms with E-state index < -0.39 is 29.0 Å². The number of carbonyl (C=O) groups is 4. The second kappa shape index (κ2) is 23.3. The maximum atomic E-state index is 13.9. The van der Waals surface area contributed by atoms with Crippen molar-refractivity contribution < 1.29 is 29.4 Å². The molecular formula is C40H62N4O6. The molecule has 0 saturated carbocycles. The van der Waals surface area contributed by atoms with Crippen molar-refractivity contribution in [2.24, 2.45) is 5.41 Å². The Labute approximate surface area is 299 Å². The molecule has 50 heavy (non-hydrogen) atoms. The Morgan fingerprint density at radius 2 is 0.900 bits per heavy atom. The number of aryl methyl sites for hydroxylation is 2. The minimum Gasteiger partial charge on any atom is -0.507 e. The quantitative estimate of drug-likeness (QED) is 0.0392. The highest BCUT2D eigenvalue weighted by Crippen LogP contribution is 2.32. The zero-order chi connectivity index (χ0) is 36.8. The number of nitrogens with one attached hydrogen (secondary N) is 4. The normalized spacial score (nSPS) is 11.2. The molecule has 0 aliphatic heterocycles. The fourth-order valence-corrected chi connectivity index (χ4v) is 6.35. The third kappa shape index (κ3) is 13.0. The second-order valence-electron chi connectivity index (χ2n) is 13.4. The van der Waals surface area contributed by atoms with Gasteiger partial charge in [0.1, 0.15) is 16.9 Å². The van der Waals surface area contributed by atoms with Crippen LogP contribution in [-0.4, -0.2) is 33.8 Å². The van der Waals surface area contributed by atoms with E-state index in [4.69, 9.17) is 0 Å². The summed E-state index contributed by atoms with van der Waals surface area (Å²) in [6.07, 6.45) is 16.1. The summed E-state index contributed by atoms with van der Waals surface area (Å²) < 4.78 is 0. The Morgan fingerprint density at radius 1 is 0.500 bits per heavy atom. The molecule has 0 heterocycles. The first-order chi connectivity index (χ1) is 24.2. The largest absolute Gasteiger partial charge is 0.507 e. The Kier molecular flexibility index (Phi) is 19.7. The van der Waals surface area contributed by atoms with Gasteiger partial charge in [0.2, 0.25) is 0 Å². The first kappa shape index (κ1) is 42.1. The number of amides is 4. The van der Waals surface area contributed by atoms with E-state index in [9.17, 15) is 29.4 Å². The fourth-order valence-electron chi connectivity index (χ4n) is 6.35. The van der Waals surface area contributed by atoms with Crippen molar-refractivity contribution in [2.75, 3.05) is 0 Å².